The highest BCUT2D eigenvalue weighted by molar-refractivity contribution is 6.00. The van der Waals surface area contributed by atoms with Crippen molar-refractivity contribution < 1.29 is 38.1 Å². The molecule has 0 aromatic rings. The molecule has 130 valence electrons. The minimum atomic E-state index is -1.61. The first-order chi connectivity index (χ1) is 11.0. The summed E-state index contributed by atoms with van der Waals surface area (Å²) in [5.74, 6) is -1.58. The molecule has 0 fully saturated rings. The molecule has 0 bridgehead atoms. The summed E-state index contributed by atoms with van der Waals surface area (Å²) in [6, 6.07) is 0. The molecule has 0 saturated carbocycles. The van der Waals surface area contributed by atoms with E-state index in [2.05, 4.69) is 14.2 Å². The van der Waals surface area contributed by atoms with E-state index in [1.165, 1.54) is 12.2 Å². The molecule has 0 unspecified atom stereocenters. The molecule has 8 nitrogen and oxygen atoms in total. The Kier molecular flexibility index (Phi) is 10.1. The largest absolute Gasteiger partial charge is 0.508 e. The minimum Gasteiger partial charge on any atom is -0.468 e. The quantitative estimate of drug-likeness (QED) is 0.195. The van der Waals surface area contributed by atoms with Gasteiger partial charge in [-0.1, -0.05) is 12.2 Å². The minimum absolute atomic E-state index is 0.00261. The second kappa shape index (κ2) is 11.2. The molecule has 0 rings (SSSR count). The van der Waals surface area contributed by atoms with Crippen molar-refractivity contribution in [1.82, 2.24) is 0 Å². The Labute approximate surface area is 134 Å². The van der Waals surface area contributed by atoms with Crippen LogP contribution in [0.4, 0.5) is 4.79 Å². The van der Waals surface area contributed by atoms with Gasteiger partial charge in [0.25, 0.3) is 0 Å². The van der Waals surface area contributed by atoms with Crippen LogP contribution in [0.1, 0.15) is 26.2 Å². The maximum absolute atomic E-state index is 12.0. The van der Waals surface area contributed by atoms with Gasteiger partial charge in [0.1, 0.15) is 12.9 Å². The second-order valence-corrected chi connectivity index (χ2v) is 4.44. The van der Waals surface area contributed by atoms with Crippen LogP contribution in [0.2, 0.25) is 0 Å². The van der Waals surface area contributed by atoms with Gasteiger partial charge in [0.15, 0.2) is 5.41 Å². The van der Waals surface area contributed by atoms with Gasteiger partial charge in [-0.15, -0.1) is 0 Å². The van der Waals surface area contributed by atoms with E-state index in [4.69, 9.17) is 4.74 Å². The van der Waals surface area contributed by atoms with Gasteiger partial charge >= 0.3 is 18.1 Å². The molecule has 0 aliphatic rings. The number of esters is 2. The Morgan fingerprint density at radius 2 is 1.61 bits per heavy atom. The fourth-order valence-corrected chi connectivity index (χ4v) is 1.88. The third-order valence-electron chi connectivity index (χ3n) is 3.03. The first kappa shape index (κ1) is 20.6. The van der Waals surface area contributed by atoms with E-state index >= 15 is 0 Å². The average molecular weight is 330 g/mol. The van der Waals surface area contributed by atoms with Crippen molar-refractivity contribution in [3.05, 3.63) is 12.2 Å². The van der Waals surface area contributed by atoms with Crippen molar-refractivity contribution in [3.8, 4) is 0 Å². The molecule has 0 radical (unpaired) electrons. The van der Waals surface area contributed by atoms with Crippen LogP contribution in [-0.4, -0.2) is 51.8 Å². The molecule has 0 aliphatic carbocycles. The molecular weight excluding hydrogens is 308 g/mol. The third-order valence-corrected chi connectivity index (χ3v) is 3.03. The van der Waals surface area contributed by atoms with E-state index < -0.39 is 23.5 Å². The van der Waals surface area contributed by atoms with Crippen molar-refractivity contribution in [1.29, 1.82) is 0 Å². The number of methoxy groups -OCH3 is 2. The van der Waals surface area contributed by atoms with Gasteiger partial charge in [-0.05, 0) is 19.8 Å². The summed E-state index contributed by atoms with van der Waals surface area (Å²) in [7, 11) is 2.29. The van der Waals surface area contributed by atoms with Crippen LogP contribution in [0, 0.1) is 5.41 Å². The smallest absolute Gasteiger partial charge is 0.468 e. The Hall–Kier alpha value is -2.38. The van der Waals surface area contributed by atoms with Gasteiger partial charge in [0.05, 0.1) is 20.8 Å². The highest BCUT2D eigenvalue weighted by Crippen LogP contribution is 2.32. The van der Waals surface area contributed by atoms with Crippen LogP contribution in [0.3, 0.4) is 0 Å². The predicted molar refractivity (Wildman–Crippen MR) is 78.5 cm³/mol. The van der Waals surface area contributed by atoms with E-state index in [9.17, 15) is 19.2 Å². The zero-order chi connectivity index (χ0) is 17.7. The second-order valence-electron chi connectivity index (χ2n) is 4.44. The number of rotatable bonds is 10. The van der Waals surface area contributed by atoms with Gasteiger partial charge in [-0.3, -0.25) is 9.59 Å². The molecule has 0 amide bonds. The van der Waals surface area contributed by atoms with E-state index in [0.717, 1.165) is 14.2 Å². The van der Waals surface area contributed by atoms with E-state index in [-0.39, 0.29) is 32.5 Å². The number of carbonyl (C=O) groups excluding carboxylic acids is 4. The van der Waals surface area contributed by atoms with Crippen LogP contribution >= 0.6 is 0 Å². The number of allylic oxidation sites excluding steroid dienone is 1. The number of hydrogen-bond donors (Lipinski definition) is 0. The summed E-state index contributed by atoms with van der Waals surface area (Å²) in [6.07, 6.45) is 2.64. The van der Waals surface area contributed by atoms with Gasteiger partial charge in [-0.25, -0.2) is 4.79 Å². The summed E-state index contributed by atoms with van der Waals surface area (Å²) in [6.45, 7) is 1.76. The van der Waals surface area contributed by atoms with Crippen LogP contribution < -0.4 is 0 Å². The van der Waals surface area contributed by atoms with Crippen molar-refractivity contribution in [2.75, 3.05) is 27.4 Å². The molecular formula is C15H22O8. The van der Waals surface area contributed by atoms with Crippen LogP contribution in [-0.2, 0) is 33.3 Å². The number of aldehydes is 1. The molecule has 0 aromatic heterocycles. The van der Waals surface area contributed by atoms with Gasteiger partial charge in [-0.2, -0.15) is 0 Å². The summed E-state index contributed by atoms with van der Waals surface area (Å²) in [5.41, 5.74) is -1.61. The van der Waals surface area contributed by atoms with Crippen LogP contribution in [0.5, 0.6) is 0 Å². The molecule has 0 heterocycles. The average Bonchev–Trinajstić information content (AvgIpc) is 2.56. The predicted octanol–water partition coefficient (Wildman–Crippen LogP) is 1.42. The molecule has 0 spiro atoms. The zero-order valence-electron chi connectivity index (χ0n) is 13.5. The maximum Gasteiger partial charge on any atom is 0.508 e. The molecule has 0 atom stereocenters. The van der Waals surface area contributed by atoms with Crippen molar-refractivity contribution in [2.24, 2.45) is 5.41 Å². The topological polar surface area (TPSA) is 105 Å². The Morgan fingerprint density at radius 1 is 1.00 bits per heavy atom. The Bertz CT molecular complexity index is 425. The lowest BCUT2D eigenvalue weighted by Gasteiger charge is -2.26. The summed E-state index contributed by atoms with van der Waals surface area (Å²) in [5, 5.41) is 0. The maximum atomic E-state index is 12.0. The molecule has 23 heavy (non-hydrogen) atoms. The van der Waals surface area contributed by atoms with Gasteiger partial charge in [0.2, 0.25) is 0 Å². The summed E-state index contributed by atoms with van der Waals surface area (Å²) < 4.78 is 18.6. The number of hydrogen-bond acceptors (Lipinski definition) is 8. The van der Waals surface area contributed by atoms with Crippen molar-refractivity contribution in [3.63, 3.8) is 0 Å². The zero-order valence-corrected chi connectivity index (χ0v) is 13.5. The number of ether oxygens (including phenoxy) is 4. The van der Waals surface area contributed by atoms with E-state index in [1.807, 2.05) is 0 Å². The van der Waals surface area contributed by atoms with Crippen LogP contribution in [0.15, 0.2) is 12.2 Å². The van der Waals surface area contributed by atoms with E-state index in [0.29, 0.717) is 6.29 Å². The Morgan fingerprint density at radius 3 is 2.09 bits per heavy atom. The highest BCUT2D eigenvalue weighted by Gasteiger charge is 2.46. The standard InChI is InChI=1S/C15H22O8/c1-4-22-14(19)23-11-6-5-8-15(9-7-10-16,12(17)20-2)13(18)21-3/h5-6,10H,4,7-9,11H2,1-3H3/b6-5-. The third kappa shape index (κ3) is 6.50. The van der Waals surface area contributed by atoms with Crippen LogP contribution in [0.25, 0.3) is 0 Å². The van der Waals surface area contributed by atoms with E-state index in [1.54, 1.807) is 6.92 Å². The normalized spacial score (nSPS) is 10.9. The summed E-state index contributed by atoms with van der Waals surface area (Å²) >= 11 is 0. The van der Waals surface area contributed by atoms with Crippen molar-refractivity contribution in [2.45, 2.75) is 26.2 Å². The Balaban J connectivity index is 4.92. The molecule has 0 saturated heterocycles. The molecule has 0 aliphatic heterocycles. The highest BCUT2D eigenvalue weighted by atomic mass is 16.7. The van der Waals surface area contributed by atoms with Crippen molar-refractivity contribution >= 4 is 24.4 Å². The SMILES string of the molecule is CCOC(=O)OC/C=C\CC(CCC=O)(C(=O)OC)C(=O)OC. The number of carbonyl (C=O) groups is 4. The fraction of sp³-hybridized carbons (Fsp3) is 0.600. The molecule has 8 heteroatoms. The fourth-order valence-electron chi connectivity index (χ4n) is 1.88. The monoisotopic (exact) mass is 330 g/mol. The lowest BCUT2D eigenvalue weighted by Crippen LogP contribution is -2.41. The lowest BCUT2D eigenvalue weighted by atomic mass is 9.80. The van der Waals surface area contributed by atoms with Gasteiger partial charge < -0.3 is 23.7 Å². The molecule has 0 aromatic carbocycles. The molecule has 0 N–H and O–H groups in total. The summed E-state index contributed by atoms with van der Waals surface area (Å²) in [4.78, 5) is 45.6. The first-order valence-electron chi connectivity index (χ1n) is 7.03. The van der Waals surface area contributed by atoms with Gasteiger partial charge in [0, 0.05) is 6.42 Å². The lowest BCUT2D eigenvalue weighted by molar-refractivity contribution is -0.169. The first-order valence-corrected chi connectivity index (χ1v) is 7.03.